The molecule has 0 saturated carbocycles. The average Bonchev–Trinajstić information content (AvgIpc) is 1.78. The fourth-order valence-electron chi connectivity index (χ4n) is 0.732. The maximum Gasteiger partial charge on any atom is 2.00 e. The summed E-state index contributed by atoms with van der Waals surface area (Å²) in [5.41, 5.74) is 0. The zero-order valence-electron chi connectivity index (χ0n) is 6.54. The Morgan fingerprint density at radius 2 is 1.73 bits per heavy atom. The summed E-state index contributed by atoms with van der Waals surface area (Å²) in [6, 6.07) is 0. The summed E-state index contributed by atoms with van der Waals surface area (Å²) in [4.78, 5) is 20.1. The Labute approximate surface area is 77.9 Å². The third kappa shape index (κ3) is 13.6. The SMILES string of the molecule is CCCCCCP(=O)([O-])[O-].[Co+2]. The van der Waals surface area contributed by atoms with Crippen LogP contribution in [0.25, 0.3) is 0 Å². The standard InChI is InChI=1S/C6H15O3P.Co/c1-2-3-4-5-6-10(7,8)9;/h2-6H2,1H3,(H2,7,8,9);/q;+2/p-2. The molecule has 5 heteroatoms. The minimum absolute atomic E-state index is 0. The Hall–Kier alpha value is 0.656. The molecule has 0 aromatic heterocycles. The molecule has 0 unspecified atom stereocenters. The predicted octanol–water partition coefficient (Wildman–Crippen LogP) is 0.478. The van der Waals surface area contributed by atoms with Crippen molar-refractivity contribution in [2.75, 3.05) is 6.16 Å². The van der Waals surface area contributed by atoms with E-state index in [4.69, 9.17) is 0 Å². The van der Waals surface area contributed by atoms with Crippen LogP contribution in [0.15, 0.2) is 0 Å². The first-order valence-electron chi connectivity index (χ1n) is 3.57. The molecule has 0 aliphatic heterocycles. The van der Waals surface area contributed by atoms with Crippen LogP contribution in [0.3, 0.4) is 0 Å². The topological polar surface area (TPSA) is 63.2 Å². The van der Waals surface area contributed by atoms with Crippen LogP contribution in [0.2, 0.25) is 0 Å². The van der Waals surface area contributed by atoms with Crippen LogP contribution in [0, 0.1) is 0 Å². The fourth-order valence-corrected chi connectivity index (χ4v) is 1.34. The maximum absolute atomic E-state index is 10.1. The van der Waals surface area contributed by atoms with E-state index >= 15 is 0 Å². The number of unbranched alkanes of at least 4 members (excludes halogenated alkanes) is 3. The molecule has 0 fully saturated rings. The van der Waals surface area contributed by atoms with Gasteiger partial charge in [0.15, 0.2) is 0 Å². The Balaban J connectivity index is 0. The number of rotatable bonds is 5. The molecular formula is C6H13CoO3P. The second-order valence-electron chi connectivity index (χ2n) is 2.40. The van der Waals surface area contributed by atoms with Crippen molar-refractivity contribution >= 4 is 7.60 Å². The first-order chi connectivity index (χ1) is 4.56. The molecule has 0 spiro atoms. The molecule has 0 bridgehead atoms. The molecule has 0 aliphatic rings. The van der Waals surface area contributed by atoms with E-state index in [0.717, 1.165) is 19.3 Å². The van der Waals surface area contributed by atoms with Gasteiger partial charge in [-0.05, 0) is 12.6 Å². The van der Waals surface area contributed by atoms with Gasteiger partial charge in [0, 0.05) is 0 Å². The predicted molar refractivity (Wildman–Crippen MR) is 36.6 cm³/mol. The van der Waals surface area contributed by atoms with Gasteiger partial charge in [0.1, 0.15) is 0 Å². The quantitative estimate of drug-likeness (QED) is 0.503. The van der Waals surface area contributed by atoms with Crippen LogP contribution in [0.1, 0.15) is 32.6 Å². The van der Waals surface area contributed by atoms with E-state index in [1.54, 1.807) is 0 Å². The molecule has 0 saturated heterocycles. The monoisotopic (exact) mass is 223 g/mol. The molecule has 0 rings (SSSR count). The normalized spacial score (nSPS) is 10.8. The van der Waals surface area contributed by atoms with Gasteiger partial charge in [0.05, 0.1) is 0 Å². The smallest absolute Gasteiger partial charge is 0.811 e. The Morgan fingerprint density at radius 1 is 1.18 bits per heavy atom. The van der Waals surface area contributed by atoms with Crippen LogP contribution in [-0.2, 0) is 21.3 Å². The fraction of sp³-hybridized carbons (Fsp3) is 1.00. The molecule has 0 amide bonds. The van der Waals surface area contributed by atoms with Gasteiger partial charge in [0.2, 0.25) is 0 Å². The van der Waals surface area contributed by atoms with Crippen molar-refractivity contribution in [2.45, 2.75) is 32.6 Å². The van der Waals surface area contributed by atoms with Gasteiger partial charge < -0.3 is 14.4 Å². The number of hydrogen-bond donors (Lipinski definition) is 0. The van der Waals surface area contributed by atoms with E-state index < -0.39 is 7.60 Å². The summed E-state index contributed by atoms with van der Waals surface area (Å²) < 4.78 is 10.1. The zero-order chi connectivity index (χ0) is 8.04. The van der Waals surface area contributed by atoms with Gasteiger partial charge in [-0.3, -0.25) is 0 Å². The van der Waals surface area contributed by atoms with Crippen molar-refractivity contribution in [3.8, 4) is 0 Å². The van der Waals surface area contributed by atoms with Crippen molar-refractivity contribution in [1.29, 1.82) is 0 Å². The molecule has 0 atom stereocenters. The van der Waals surface area contributed by atoms with E-state index in [1.807, 2.05) is 6.92 Å². The van der Waals surface area contributed by atoms with Crippen molar-refractivity contribution in [3.05, 3.63) is 0 Å². The average molecular weight is 223 g/mol. The van der Waals surface area contributed by atoms with Gasteiger partial charge in [-0.15, -0.1) is 0 Å². The van der Waals surface area contributed by atoms with Gasteiger partial charge >= 0.3 is 16.8 Å². The number of hydrogen-bond acceptors (Lipinski definition) is 3. The molecule has 69 valence electrons. The third-order valence-electron chi connectivity index (χ3n) is 1.29. The molecule has 0 aromatic rings. The van der Waals surface area contributed by atoms with Gasteiger partial charge in [-0.1, -0.05) is 33.8 Å². The Kier molecular flexibility index (Phi) is 9.44. The second kappa shape index (κ2) is 7.31. The van der Waals surface area contributed by atoms with Gasteiger partial charge in [0.25, 0.3) is 0 Å². The molecule has 0 aliphatic carbocycles. The van der Waals surface area contributed by atoms with E-state index in [1.165, 1.54) is 0 Å². The van der Waals surface area contributed by atoms with Gasteiger partial charge in [-0.2, -0.15) is 0 Å². The maximum atomic E-state index is 10.1. The van der Waals surface area contributed by atoms with Gasteiger partial charge in [-0.25, -0.2) is 0 Å². The van der Waals surface area contributed by atoms with E-state index in [2.05, 4.69) is 0 Å². The Bertz CT molecular complexity index is 123. The third-order valence-corrected chi connectivity index (χ3v) is 2.15. The van der Waals surface area contributed by atoms with Crippen molar-refractivity contribution < 1.29 is 31.1 Å². The molecule has 1 radical (unpaired) electrons. The summed E-state index contributed by atoms with van der Waals surface area (Å²) in [5.74, 6) is 0. The summed E-state index contributed by atoms with van der Waals surface area (Å²) in [7, 11) is -4.21. The van der Waals surface area contributed by atoms with E-state index in [0.29, 0.717) is 6.42 Å². The van der Waals surface area contributed by atoms with E-state index in [9.17, 15) is 14.4 Å². The second-order valence-corrected chi connectivity index (χ2v) is 4.06. The molecule has 3 nitrogen and oxygen atoms in total. The van der Waals surface area contributed by atoms with Crippen LogP contribution < -0.4 is 9.79 Å². The van der Waals surface area contributed by atoms with Crippen LogP contribution in [-0.4, -0.2) is 6.16 Å². The summed E-state index contributed by atoms with van der Waals surface area (Å²) in [5, 5.41) is 0. The zero-order valence-corrected chi connectivity index (χ0v) is 8.48. The van der Waals surface area contributed by atoms with Crippen molar-refractivity contribution in [2.24, 2.45) is 0 Å². The van der Waals surface area contributed by atoms with Crippen molar-refractivity contribution in [3.63, 3.8) is 0 Å². The molecule has 0 aromatic carbocycles. The van der Waals surface area contributed by atoms with Crippen LogP contribution in [0.5, 0.6) is 0 Å². The summed E-state index contributed by atoms with van der Waals surface area (Å²) in [6.45, 7) is 2.04. The minimum atomic E-state index is -4.21. The molecule has 0 N–H and O–H groups in total. The first-order valence-corrected chi connectivity index (χ1v) is 5.30. The Morgan fingerprint density at radius 3 is 2.09 bits per heavy atom. The minimum Gasteiger partial charge on any atom is -0.811 e. The largest absolute Gasteiger partial charge is 2.00 e. The van der Waals surface area contributed by atoms with Crippen molar-refractivity contribution in [1.82, 2.24) is 0 Å². The van der Waals surface area contributed by atoms with E-state index in [-0.39, 0.29) is 22.9 Å². The first kappa shape index (κ1) is 14.2. The molecule has 11 heavy (non-hydrogen) atoms. The summed E-state index contributed by atoms with van der Waals surface area (Å²) in [6.07, 6.45) is 3.28. The van der Waals surface area contributed by atoms with Crippen LogP contribution in [0.4, 0.5) is 0 Å². The summed E-state index contributed by atoms with van der Waals surface area (Å²) >= 11 is 0. The molecule has 0 heterocycles. The molecular weight excluding hydrogens is 210 g/mol. The van der Waals surface area contributed by atoms with Crippen LogP contribution >= 0.6 is 7.60 Å².